The van der Waals surface area contributed by atoms with Crippen LogP contribution in [0.4, 0.5) is 0 Å². The molecule has 76 valence electrons. The summed E-state index contributed by atoms with van der Waals surface area (Å²) in [7, 11) is 0. The van der Waals surface area contributed by atoms with Crippen molar-refractivity contribution >= 4 is 11.6 Å². The van der Waals surface area contributed by atoms with E-state index >= 15 is 0 Å². The summed E-state index contributed by atoms with van der Waals surface area (Å²) in [6, 6.07) is 0. The highest BCUT2D eigenvalue weighted by atomic mass is 16.3. The molecule has 0 spiro atoms. The van der Waals surface area contributed by atoms with E-state index in [0.29, 0.717) is 12.8 Å². The molecule has 0 saturated carbocycles. The maximum Gasteiger partial charge on any atom is 0.140 e. The van der Waals surface area contributed by atoms with Gasteiger partial charge in [0.2, 0.25) is 0 Å². The first-order valence-corrected chi connectivity index (χ1v) is 4.45. The van der Waals surface area contributed by atoms with Crippen molar-refractivity contribution in [1.82, 2.24) is 0 Å². The molecule has 0 radical (unpaired) electrons. The Kier molecular flexibility index (Phi) is 7.44. The lowest BCUT2D eigenvalue weighted by Gasteiger charge is -1.98. The Morgan fingerprint density at radius 1 is 0.846 bits per heavy atom. The molecule has 0 aromatic heterocycles. The molecule has 0 heterocycles. The largest absolute Gasteiger partial charge is 0.396 e. The fourth-order valence-corrected chi connectivity index (χ4v) is 0.949. The molecule has 0 unspecified atom stereocenters. The minimum Gasteiger partial charge on any atom is -0.396 e. The van der Waals surface area contributed by atoms with E-state index in [1.807, 2.05) is 0 Å². The highest BCUT2D eigenvalue weighted by Gasteiger charge is 2.08. The minimum absolute atomic E-state index is 0.0173. The van der Waals surface area contributed by atoms with Crippen LogP contribution in [0.3, 0.4) is 0 Å². The van der Waals surface area contributed by atoms with Crippen molar-refractivity contribution in [3.8, 4) is 0 Å². The van der Waals surface area contributed by atoms with Gasteiger partial charge in [0.25, 0.3) is 0 Å². The molecule has 0 atom stereocenters. The quantitative estimate of drug-likeness (QED) is 0.528. The molecule has 13 heavy (non-hydrogen) atoms. The summed E-state index contributed by atoms with van der Waals surface area (Å²) < 4.78 is 0. The van der Waals surface area contributed by atoms with Crippen molar-refractivity contribution in [2.24, 2.45) is 0 Å². The van der Waals surface area contributed by atoms with Gasteiger partial charge in [-0.3, -0.25) is 9.59 Å². The molecule has 0 aliphatic heterocycles. The summed E-state index contributed by atoms with van der Waals surface area (Å²) in [5.41, 5.74) is 0. The van der Waals surface area contributed by atoms with E-state index in [1.165, 1.54) is 0 Å². The second-order valence-electron chi connectivity index (χ2n) is 2.91. The van der Waals surface area contributed by atoms with Crippen molar-refractivity contribution in [2.75, 3.05) is 13.2 Å². The normalized spacial score (nSPS) is 10.0. The highest BCUT2D eigenvalue weighted by Crippen LogP contribution is 1.99. The molecule has 0 aliphatic carbocycles. The summed E-state index contributed by atoms with van der Waals surface area (Å²) in [6.45, 7) is -0.0346. The second-order valence-corrected chi connectivity index (χ2v) is 2.91. The van der Waals surface area contributed by atoms with Gasteiger partial charge in [-0.25, -0.2) is 0 Å². The summed E-state index contributed by atoms with van der Waals surface area (Å²) in [5, 5.41) is 16.8. The van der Waals surface area contributed by atoms with E-state index in [9.17, 15) is 9.59 Å². The van der Waals surface area contributed by atoms with E-state index < -0.39 is 0 Å². The highest BCUT2D eigenvalue weighted by molar-refractivity contribution is 5.98. The maximum absolute atomic E-state index is 11.0. The predicted octanol–water partition coefficient (Wildman–Crippen LogP) is 0.0597. The number of Topliss-reactive ketones (excluding diaryl/α,β-unsaturated/α-hetero) is 2. The third-order valence-corrected chi connectivity index (χ3v) is 1.62. The van der Waals surface area contributed by atoms with Crippen molar-refractivity contribution < 1.29 is 19.8 Å². The molecule has 0 amide bonds. The van der Waals surface area contributed by atoms with Crippen LogP contribution < -0.4 is 0 Å². The van der Waals surface area contributed by atoms with Crippen LogP contribution in [-0.4, -0.2) is 35.0 Å². The van der Waals surface area contributed by atoms with Gasteiger partial charge < -0.3 is 10.2 Å². The molecule has 0 fully saturated rings. The second kappa shape index (κ2) is 7.89. The number of aliphatic hydroxyl groups excluding tert-OH is 2. The van der Waals surface area contributed by atoms with E-state index in [2.05, 4.69) is 0 Å². The van der Waals surface area contributed by atoms with E-state index in [0.717, 1.165) is 0 Å². The summed E-state index contributed by atoms with van der Waals surface area (Å²) in [6.07, 6.45) is 1.32. The average Bonchev–Trinajstić information content (AvgIpc) is 2.11. The first-order valence-electron chi connectivity index (χ1n) is 4.45. The number of aliphatic hydroxyl groups is 2. The zero-order valence-electron chi connectivity index (χ0n) is 7.66. The predicted molar refractivity (Wildman–Crippen MR) is 47.3 cm³/mol. The Labute approximate surface area is 77.6 Å². The standard InChI is InChI=1S/C9H16O4/c10-5-1-3-8(12)7-9(13)4-2-6-11/h10-11H,1-7H2. The van der Waals surface area contributed by atoms with Gasteiger partial charge in [-0.05, 0) is 12.8 Å². The number of ketones is 2. The van der Waals surface area contributed by atoms with Crippen LogP contribution >= 0.6 is 0 Å². The zero-order chi connectivity index (χ0) is 10.1. The van der Waals surface area contributed by atoms with Gasteiger partial charge in [-0.1, -0.05) is 0 Å². The Balaban J connectivity index is 3.47. The number of carbonyl (C=O) groups excluding carboxylic acids is 2. The van der Waals surface area contributed by atoms with Gasteiger partial charge in [0.15, 0.2) is 0 Å². The maximum atomic E-state index is 11.0. The van der Waals surface area contributed by atoms with E-state index in [4.69, 9.17) is 10.2 Å². The van der Waals surface area contributed by atoms with Crippen molar-refractivity contribution in [3.63, 3.8) is 0 Å². The zero-order valence-corrected chi connectivity index (χ0v) is 7.66. The molecule has 4 nitrogen and oxygen atoms in total. The summed E-state index contributed by atoms with van der Waals surface area (Å²) >= 11 is 0. The van der Waals surface area contributed by atoms with Crippen molar-refractivity contribution in [2.45, 2.75) is 32.1 Å². The molecule has 0 aromatic carbocycles. The van der Waals surface area contributed by atoms with Crippen LogP contribution in [0.2, 0.25) is 0 Å². The molecular formula is C9H16O4. The van der Waals surface area contributed by atoms with Crippen LogP contribution in [0.15, 0.2) is 0 Å². The van der Waals surface area contributed by atoms with E-state index in [1.54, 1.807) is 0 Å². The smallest absolute Gasteiger partial charge is 0.140 e. The number of carbonyl (C=O) groups is 2. The average molecular weight is 188 g/mol. The SMILES string of the molecule is O=C(CCCO)CC(=O)CCCO. The molecular weight excluding hydrogens is 172 g/mol. The van der Waals surface area contributed by atoms with Gasteiger partial charge in [-0.2, -0.15) is 0 Å². The first kappa shape index (κ1) is 12.3. The van der Waals surface area contributed by atoms with Gasteiger partial charge in [-0.15, -0.1) is 0 Å². The molecule has 4 heteroatoms. The number of hydrogen-bond acceptors (Lipinski definition) is 4. The van der Waals surface area contributed by atoms with Gasteiger partial charge in [0.05, 0.1) is 6.42 Å². The van der Waals surface area contributed by atoms with Crippen LogP contribution in [-0.2, 0) is 9.59 Å². The Hall–Kier alpha value is -0.740. The third-order valence-electron chi connectivity index (χ3n) is 1.62. The lowest BCUT2D eigenvalue weighted by atomic mass is 10.1. The van der Waals surface area contributed by atoms with Gasteiger partial charge >= 0.3 is 0 Å². The van der Waals surface area contributed by atoms with Crippen LogP contribution in [0, 0.1) is 0 Å². The van der Waals surface area contributed by atoms with Gasteiger partial charge in [0, 0.05) is 26.1 Å². The Morgan fingerprint density at radius 3 is 1.54 bits per heavy atom. The summed E-state index contributed by atoms with van der Waals surface area (Å²) in [4.78, 5) is 22.0. The van der Waals surface area contributed by atoms with Crippen molar-refractivity contribution in [3.05, 3.63) is 0 Å². The molecule has 2 N–H and O–H groups in total. The number of rotatable bonds is 8. The first-order chi connectivity index (χ1) is 6.20. The molecule has 0 saturated heterocycles. The molecule has 0 rings (SSSR count). The fourth-order valence-electron chi connectivity index (χ4n) is 0.949. The number of hydrogen-bond donors (Lipinski definition) is 2. The molecule has 0 aliphatic rings. The van der Waals surface area contributed by atoms with Gasteiger partial charge in [0.1, 0.15) is 11.6 Å². The monoisotopic (exact) mass is 188 g/mol. The molecule has 0 bridgehead atoms. The molecule has 0 aromatic rings. The summed E-state index contributed by atoms with van der Waals surface area (Å²) in [5.74, 6) is -0.256. The third kappa shape index (κ3) is 7.62. The van der Waals surface area contributed by atoms with E-state index in [-0.39, 0.29) is 44.0 Å². The minimum atomic E-state index is -0.128. The van der Waals surface area contributed by atoms with Crippen LogP contribution in [0.5, 0.6) is 0 Å². The lowest BCUT2D eigenvalue weighted by Crippen LogP contribution is -2.08. The van der Waals surface area contributed by atoms with Crippen LogP contribution in [0.25, 0.3) is 0 Å². The Morgan fingerprint density at radius 2 is 1.23 bits per heavy atom. The lowest BCUT2D eigenvalue weighted by molar-refractivity contribution is -0.127. The van der Waals surface area contributed by atoms with Crippen molar-refractivity contribution in [1.29, 1.82) is 0 Å². The fraction of sp³-hybridized carbons (Fsp3) is 0.778. The topological polar surface area (TPSA) is 74.6 Å². The van der Waals surface area contributed by atoms with Crippen LogP contribution in [0.1, 0.15) is 32.1 Å². The Bertz CT molecular complexity index is 147.